The Morgan fingerprint density at radius 3 is 2.45 bits per heavy atom. The minimum Gasteiger partial charge on any atom is -0.491 e. The third-order valence-electron chi connectivity index (χ3n) is 3.72. The Morgan fingerprint density at radius 1 is 1.25 bits per heavy atom. The number of hydrogen-bond acceptors (Lipinski definition) is 3. The average molecular weight is 279 g/mol. The molecule has 0 saturated heterocycles. The van der Waals surface area contributed by atoms with Crippen LogP contribution in [0.1, 0.15) is 38.8 Å². The zero-order chi connectivity index (χ0) is 15.3. The number of nitrogens with one attached hydrogen (secondary N) is 1. The van der Waals surface area contributed by atoms with Gasteiger partial charge in [-0.25, -0.2) is 0 Å². The molecule has 114 valence electrons. The van der Waals surface area contributed by atoms with Crippen LogP contribution in [0.3, 0.4) is 0 Å². The second-order valence-electron chi connectivity index (χ2n) is 6.73. The lowest BCUT2D eigenvalue weighted by molar-refractivity contribution is 0.0983. The molecule has 0 aromatic heterocycles. The molecule has 1 aromatic carbocycles. The van der Waals surface area contributed by atoms with E-state index in [4.69, 9.17) is 4.74 Å². The molecule has 0 aliphatic rings. The molecule has 0 fully saturated rings. The fourth-order valence-corrected chi connectivity index (χ4v) is 1.83. The molecule has 0 spiro atoms. The summed E-state index contributed by atoms with van der Waals surface area (Å²) in [5, 5.41) is 13.3. The first-order chi connectivity index (χ1) is 9.20. The summed E-state index contributed by atoms with van der Waals surface area (Å²) >= 11 is 0. The molecule has 1 aromatic rings. The van der Waals surface area contributed by atoms with E-state index in [0.29, 0.717) is 19.2 Å². The first-order valence-corrected chi connectivity index (χ1v) is 7.31. The lowest BCUT2D eigenvalue weighted by Crippen LogP contribution is -2.42. The molecule has 1 rings (SSSR count). The van der Waals surface area contributed by atoms with Crippen molar-refractivity contribution < 1.29 is 9.84 Å². The van der Waals surface area contributed by atoms with Crippen LogP contribution in [0.5, 0.6) is 5.75 Å². The fourth-order valence-electron chi connectivity index (χ4n) is 1.83. The lowest BCUT2D eigenvalue weighted by Gasteiger charge is -2.29. The average Bonchev–Trinajstić information content (AvgIpc) is 2.33. The van der Waals surface area contributed by atoms with Crippen LogP contribution >= 0.6 is 0 Å². The van der Waals surface area contributed by atoms with Crippen LogP contribution in [0, 0.1) is 19.3 Å². The van der Waals surface area contributed by atoms with Crippen molar-refractivity contribution in [2.75, 3.05) is 13.2 Å². The zero-order valence-electron chi connectivity index (χ0n) is 13.7. The minimum atomic E-state index is -0.500. The highest BCUT2D eigenvalue weighted by atomic mass is 16.5. The van der Waals surface area contributed by atoms with Crippen molar-refractivity contribution in [1.29, 1.82) is 0 Å². The Kier molecular flexibility index (Phi) is 6.03. The normalized spacial score (nSPS) is 14.9. The van der Waals surface area contributed by atoms with Gasteiger partial charge in [0.15, 0.2) is 0 Å². The molecule has 3 heteroatoms. The quantitative estimate of drug-likeness (QED) is 0.841. The number of ether oxygens (including phenoxy) is 1. The molecule has 0 aliphatic heterocycles. The summed E-state index contributed by atoms with van der Waals surface area (Å²) in [7, 11) is 0. The molecule has 2 N–H and O–H groups in total. The van der Waals surface area contributed by atoms with Gasteiger partial charge in [0, 0.05) is 12.6 Å². The molecule has 20 heavy (non-hydrogen) atoms. The summed E-state index contributed by atoms with van der Waals surface area (Å²) in [4.78, 5) is 0. The van der Waals surface area contributed by atoms with E-state index in [9.17, 15) is 5.11 Å². The smallest absolute Gasteiger partial charge is 0.122 e. The maximum atomic E-state index is 9.98. The van der Waals surface area contributed by atoms with Gasteiger partial charge in [0.2, 0.25) is 0 Å². The number of rotatable bonds is 6. The third kappa shape index (κ3) is 5.51. The third-order valence-corrected chi connectivity index (χ3v) is 3.72. The predicted octanol–water partition coefficient (Wildman–Crippen LogP) is 3.07. The molecule has 0 heterocycles. The molecule has 0 amide bonds. The van der Waals surface area contributed by atoms with Crippen molar-refractivity contribution in [3.8, 4) is 5.75 Å². The van der Waals surface area contributed by atoms with E-state index in [-0.39, 0.29) is 5.41 Å². The van der Waals surface area contributed by atoms with Gasteiger partial charge in [-0.1, -0.05) is 38.5 Å². The van der Waals surface area contributed by atoms with E-state index >= 15 is 0 Å². The van der Waals surface area contributed by atoms with Crippen LogP contribution in [0.4, 0.5) is 0 Å². The Bertz CT molecular complexity index is 423. The highest BCUT2D eigenvalue weighted by Crippen LogP contribution is 2.19. The Hall–Kier alpha value is -1.06. The second kappa shape index (κ2) is 7.09. The molecular formula is C17H29NO2. The van der Waals surface area contributed by atoms with E-state index in [1.165, 1.54) is 5.56 Å². The zero-order valence-corrected chi connectivity index (χ0v) is 13.7. The molecule has 0 radical (unpaired) electrons. The van der Waals surface area contributed by atoms with Crippen LogP contribution < -0.4 is 10.1 Å². The first kappa shape index (κ1) is 17.0. The van der Waals surface area contributed by atoms with Gasteiger partial charge in [-0.3, -0.25) is 0 Å². The van der Waals surface area contributed by atoms with E-state index < -0.39 is 6.10 Å². The van der Waals surface area contributed by atoms with Crippen molar-refractivity contribution in [1.82, 2.24) is 5.32 Å². The summed E-state index contributed by atoms with van der Waals surface area (Å²) in [6.45, 7) is 13.6. The highest BCUT2D eigenvalue weighted by Gasteiger charge is 2.20. The van der Waals surface area contributed by atoms with Gasteiger partial charge in [-0.05, 0) is 37.8 Å². The van der Waals surface area contributed by atoms with Gasteiger partial charge in [0.05, 0.1) is 0 Å². The second-order valence-corrected chi connectivity index (χ2v) is 6.73. The van der Waals surface area contributed by atoms with Crippen molar-refractivity contribution in [2.24, 2.45) is 5.41 Å². The van der Waals surface area contributed by atoms with Crippen molar-refractivity contribution in [3.05, 3.63) is 29.3 Å². The molecule has 2 atom stereocenters. The molecular weight excluding hydrogens is 250 g/mol. The monoisotopic (exact) mass is 279 g/mol. The number of aliphatic hydroxyl groups excluding tert-OH is 1. The summed E-state index contributed by atoms with van der Waals surface area (Å²) < 4.78 is 5.68. The van der Waals surface area contributed by atoms with Crippen molar-refractivity contribution >= 4 is 0 Å². The summed E-state index contributed by atoms with van der Waals surface area (Å²) in [6.07, 6.45) is -0.500. The Labute approximate surface area is 123 Å². The van der Waals surface area contributed by atoms with Gasteiger partial charge in [0.25, 0.3) is 0 Å². The molecule has 0 unspecified atom stereocenters. The maximum absolute atomic E-state index is 9.98. The number of hydrogen-bond donors (Lipinski definition) is 2. The van der Waals surface area contributed by atoms with Gasteiger partial charge in [0.1, 0.15) is 18.5 Å². The molecule has 0 bridgehead atoms. The number of benzene rings is 1. The van der Waals surface area contributed by atoms with Gasteiger partial charge < -0.3 is 15.2 Å². The fraction of sp³-hybridized carbons (Fsp3) is 0.647. The highest BCUT2D eigenvalue weighted by molar-refractivity contribution is 5.35. The molecule has 0 saturated carbocycles. The number of aliphatic hydroxyl groups is 1. The van der Waals surface area contributed by atoms with E-state index in [0.717, 1.165) is 11.3 Å². The minimum absolute atomic E-state index is 0.189. The first-order valence-electron chi connectivity index (χ1n) is 7.31. The van der Waals surface area contributed by atoms with Crippen LogP contribution in [0.25, 0.3) is 0 Å². The van der Waals surface area contributed by atoms with Crippen molar-refractivity contribution in [3.63, 3.8) is 0 Å². The summed E-state index contributed by atoms with van der Waals surface area (Å²) in [5.74, 6) is 0.846. The van der Waals surface area contributed by atoms with Crippen LogP contribution in [0.2, 0.25) is 0 Å². The van der Waals surface area contributed by atoms with Crippen LogP contribution in [0.15, 0.2) is 18.2 Å². The SMILES string of the molecule is Cc1ccc(OC[C@H](O)CN[C@@H](C)C(C)(C)C)c(C)c1. The van der Waals surface area contributed by atoms with E-state index in [1.807, 2.05) is 19.1 Å². The van der Waals surface area contributed by atoms with E-state index in [2.05, 4.69) is 46.0 Å². The topological polar surface area (TPSA) is 41.5 Å². The van der Waals surface area contributed by atoms with Gasteiger partial charge in [-0.15, -0.1) is 0 Å². The molecule has 0 aliphatic carbocycles. The van der Waals surface area contributed by atoms with Gasteiger partial charge >= 0.3 is 0 Å². The summed E-state index contributed by atoms with van der Waals surface area (Å²) in [5.41, 5.74) is 2.51. The Morgan fingerprint density at radius 2 is 1.90 bits per heavy atom. The predicted molar refractivity (Wildman–Crippen MR) is 84.3 cm³/mol. The van der Waals surface area contributed by atoms with Gasteiger partial charge in [-0.2, -0.15) is 0 Å². The maximum Gasteiger partial charge on any atom is 0.122 e. The van der Waals surface area contributed by atoms with E-state index in [1.54, 1.807) is 0 Å². The standard InChI is InChI=1S/C17H29NO2/c1-12-7-8-16(13(2)9-12)20-11-15(19)10-18-14(3)17(4,5)6/h7-9,14-15,18-19H,10-11H2,1-6H3/t14-,15+/m0/s1. The summed E-state index contributed by atoms with van der Waals surface area (Å²) in [6, 6.07) is 6.41. The number of aryl methyl sites for hydroxylation is 2. The van der Waals surface area contributed by atoms with Crippen LogP contribution in [-0.4, -0.2) is 30.4 Å². The lowest BCUT2D eigenvalue weighted by atomic mass is 9.88. The largest absolute Gasteiger partial charge is 0.491 e. The van der Waals surface area contributed by atoms with Crippen molar-refractivity contribution in [2.45, 2.75) is 53.7 Å². The van der Waals surface area contributed by atoms with Crippen LogP contribution in [-0.2, 0) is 0 Å². The Balaban J connectivity index is 2.38. The molecule has 3 nitrogen and oxygen atoms in total.